The topological polar surface area (TPSA) is 54.1 Å². The predicted octanol–water partition coefficient (Wildman–Crippen LogP) is 8.97. The van der Waals surface area contributed by atoms with Crippen molar-refractivity contribution in [1.82, 2.24) is 19.3 Å². The zero-order valence-corrected chi connectivity index (χ0v) is 27.6. The first-order valence-corrected chi connectivity index (χ1v) is 14.6. The average molecular weight is 683 g/mol. The summed E-state index contributed by atoms with van der Waals surface area (Å²) in [6, 6.07) is 33.6. The SMILES string of the molecule is COc1ccnc(-n2c3[c-]c(Oc4[c-]c(-n5nc(C)c(-c6c(C)cccc6C)c5C)cc(C)c4)ccc3c3ccccc32)c1.[Pd+2]. The molecule has 0 atom stereocenters. The van der Waals surface area contributed by atoms with Crippen LogP contribution in [0.1, 0.15) is 28.1 Å². The second kappa shape index (κ2) is 12.0. The Kier molecular flexibility index (Phi) is 8.09. The van der Waals surface area contributed by atoms with Gasteiger partial charge in [0.1, 0.15) is 11.6 Å². The van der Waals surface area contributed by atoms with Crippen LogP contribution in [-0.4, -0.2) is 26.4 Å². The van der Waals surface area contributed by atoms with Crippen molar-refractivity contribution in [3.8, 4) is 39.9 Å². The summed E-state index contributed by atoms with van der Waals surface area (Å²) in [5.41, 5.74) is 10.7. The minimum absolute atomic E-state index is 0. The fourth-order valence-corrected chi connectivity index (χ4v) is 6.22. The van der Waals surface area contributed by atoms with Gasteiger partial charge in [-0.3, -0.25) is 4.68 Å². The molecule has 0 aliphatic heterocycles. The first-order valence-electron chi connectivity index (χ1n) is 14.6. The number of rotatable bonds is 6. The summed E-state index contributed by atoms with van der Waals surface area (Å²) in [4.78, 5) is 4.66. The Bertz CT molecular complexity index is 2190. The van der Waals surface area contributed by atoms with Gasteiger partial charge in [-0.05, 0) is 67.6 Å². The van der Waals surface area contributed by atoms with Gasteiger partial charge in [-0.1, -0.05) is 48.8 Å². The molecule has 4 aromatic carbocycles. The summed E-state index contributed by atoms with van der Waals surface area (Å²) in [6.07, 6.45) is 1.75. The van der Waals surface area contributed by atoms with Gasteiger partial charge in [0.15, 0.2) is 0 Å². The number of pyridine rings is 1. The van der Waals surface area contributed by atoms with E-state index in [9.17, 15) is 0 Å². The van der Waals surface area contributed by atoms with Crippen LogP contribution in [0, 0.1) is 46.8 Å². The monoisotopic (exact) mass is 682 g/mol. The third kappa shape index (κ3) is 5.33. The normalized spacial score (nSPS) is 11.2. The Labute approximate surface area is 276 Å². The second-order valence-corrected chi connectivity index (χ2v) is 11.2. The zero-order valence-electron chi connectivity index (χ0n) is 26.0. The molecule has 3 aromatic heterocycles. The summed E-state index contributed by atoms with van der Waals surface area (Å²) < 4.78 is 16.0. The van der Waals surface area contributed by atoms with Gasteiger partial charge in [-0.25, -0.2) is 4.98 Å². The number of para-hydroxylation sites is 1. The fraction of sp³-hybridized carbons (Fsp3) is 0.158. The molecule has 0 saturated heterocycles. The van der Waals surface area contributed by atoms with Crippen LogP contribution in [-0.2, 0) is 20.4 Å². The van der Waals surface area contributed by atoms with Gasteiger partial charge in [0, 0.05) is 40.5 Å². The van der Waals surface area contributed by atoms with Crippen LogP contribution in [0.5, 0.6) is 17.2 Å². The van der Waals surface area contributed by atoms with E-state index in [0.29, 0.717) is 11.5 Å². The van der Waals surface area contributed by atoms with Gasteiger partial charge in [-0.15, -0.1) is 35.7 Å². The molecule has 0 bridgehead atoms. The largest absolute Gasteiger partial charge is 2.00 e. The van der Waals surface area contributed by atoms with Crippen molar-refractivity contribution in [3.05, 3.63) is 125 Å². The number of nitrogens with zero attached hydrogens (tertiary/aromatic N) is 4. The van der Waals surface area contributed by atoms with E-state index in [-0.39, 0.29) is 20.4 Å². The van der Waals surface area contributed by atoms with E-state index in [1.807, 2.05) is 41.1 Å². The molecule has 0 fully saturated rings. The quantitative estimate of drug-likeness (QED) is 0.130. The average Bonchev–Trinajstić information content (AvgIpc) is 3.50. The Morgan fingerprint density at radius 3 is 2.29 bits per heavy atom. The third-order valence-electron chi connectivity index (χ3n) is 8.18. The Morgan fingerprint density at radius 2 is 1.51 bits per heavy atom. The summed E-state index contributed by atoms with van der Waals surface area (Å²) in [5.74, 6) is 2.67. The molecule has 0 saturated carbocycles. The van der Waals surface area contributed by atoms with Gasteiger partial charge in [0.2, 0.25) is 0 Å². The molecule has 7 heteroatoms. The standard InChI is InChI=1S/C38H32N4O2.Pd/c1-23-18-28(42-27(5)38(26(4)40-42)37-24(2)10-9-11-25(37)3)20-31(19-23)44-30-14-15-33-32-12-7-8-13-34(32)41(35(33)21-30)36-22-29(43-6)16-17-39-36;/h7-19,22H,1-6H3;/q-2;+2. The van der Waals surface area contributed by atoms with E-state index < -0.39 is 0 Å². The van der Waals surface area contributed by atoms with Crippen molar-refractivity contribution in [2.75, 3.05) is 7.11 Å². The van der Waals surface area contributed by atoms with Crippen LogP contribution in [0.3, 0.4) is 0 Å². The molecule has 0 unspecified atom stereocenters. The van der Waals surface area contributed by atoms with Crippen molar-refractivity contribution in [2.24, 2.45) is 0 Å². The molecule has 6 nitrogen and oxygen atoms in total. The molecule has 0 radical (unpaired) electrons. The molecule has 45 heavy (non-hydrogen) atoms. The van der Waals surface area contributed by atoms with Gasteiger partial charge in [0.25, 0.3) is 0 Å². The molecule has 0 aliphatic rings. The smallest absolute Gasteiger partial charge is 0.509 e. The molecule has 226 valence electrons. The summed E-state index contributed by atoms with van der Waals surface area (Å²) >= 11 is 0. The van der Waals surface area contributed by atoms with Gasteiger partial charge in [-0.2, -0.15) is 16.7 Å². The van der Waals surface area contributed by atoms with E-state index in [2.05, 4.69) is 98.8 Å². The molecule has 3 heterocycles. The Morgan fingerprint density at radius 1 is 0.733 bits per heavy atom. The second-order valence-electron chi connectivity index (χ2n) is 11.2. The molecule has 0 aliphatic carbocycles. The van der Waals surface area contributed by atoms with Crippen molar-refractivity contribution in [2.45, 2.75) is 34.6 Å². The van der Waals surface area contributed by atoms with Crippen molar-refractivity contribution in [3.63, 3.8) is 0 Å². The molecular weight excluding hydrogens is 651 g/mol. The first-order chi connectivity index (χ1) is 21.3. The minimum atomic E-state index is 0. The van der Waals surface area contributed by atoms with E-state index in [4.69, 9.17) is 14.6 Å². The number of aryl methyl sites for hydroxylation is 4. The maximum atomic E-state index is 6.45. The summed E-state index contributed by atoms with van der Waals surface area (Å²) in [6.45, 7) is 10.5. The number of benzene rings is 4. The van der Waals surface area contributed by atoms with E-state index in [1.54, 1.807) is 13.3 Å². The Balaban J connectivity index is 0.00000357. The molecule has 0 amide bonds. The zero-order chi connectivity index (χ0) is 30.5. The van der Waals surface area contributed by atoms with Gasteiger partial charge >= 0.3 is 20.4 Å². The summed E-state index contributed by atoms with van der Waals surface area (Å²) in [5, 5.41) is 7.13. The maximum absolute atomic E-state index is 6.45. The van der Waals surface area contributed by atoms with Crippen LogP contribution in [0.2, 0.25) is 0 Å². The Hall–Kier alpha value is -4.70. The number of fused-ring (bicyclic) bond motifs is 3. The molecule has 7 rings (SSSR count). The fourth-order valence-electron chi connectivity index (χ4n) is 6.22. The molecular formula is C38H32N4O2Pd. The number of hydrogen-bond acceptors (Lipinski definition) is 4. The number of ether oxygens (including phenoxy) is 2. The van der Waals surface area contributed by atoms with Crippen LogP contribution >= 0.6 is 0 Å². The van der Waals surface area contributed by atoms with Gasteiger partial charge in [0.05, 0.1) is 12.8 Å². The van der Waals surface area contributed by atoms with E-state index in [0.717, 1.165) is 61.6 Å². The third-order valence-corrected chi connectivity index (χ3v) is 8.18. The van der Waals surface area contributed by atoms with Crippen LogP contribution in [0.25, 0.3) is 44.4 Å². The molecule has 7 aromatic rings. The number of hydrogen-bond donors (Lipinski definition) is 0. The van der Waals surface area contributed by atoms with Crippen LogP contribution in [0.15, 0.2) is 85.1 Å². The summed E-state index contributed by atoms with van der Waals surface area (Å²) in [7, 11) is 1.66. The maximum Gasteiger partial charge on any atom is 2.00 e. The number of methoxy groups -OCH3 is 1. The predicted molar refractivity (Wildman–Crippen MR) is 176 cm³/mol. The first kappa shape index (κ1) is 30.3. The van der Waals surface area contributed by atoms with Gasteiger partial charge < -0.3 is 14.0 Å². The van der Waals surface area contributed by atoms with Crippen molar-refractivity contribution in [1.29, 1.82) is 0 Å². The van der Waals surface area contributed by atoms with Crippen molar-refractivity contribution < 1.29 is 29.9 Å². The molecule has 0 spiro atoms. The minimum Gasteiger partial charge on any atom is -0.509 e. The van der Waals surface area contributed by atoms with Crippen LogP contribution in [0.4, 0.5) is 0 Å². The van der Waals surface area contributed by atoms with E-state index in [1.165, 1.54) is 16.7 Å². The van der Waals surface area contributed by atoms with Crippen LogP contribution < -0.4 is 9.47 Å². The molecule has 0 N–H and O–H groups in total. The van der Waals surface area contributed by atoms with E-state index >= 15 is 0 Å². The number of aromatic nitrogens is 4. The van der Waals surface area contributed by atoms with Crippen molar-refractivity contribution >= 4 is 21.8 Å².